The van der Waals surface area contributed by atoms with Crippen molar-refractivity contribution < 1.29 is 4.74 Å². The van der Waals surface area contributed by atoms with E-state index in [1.165, 1.54) is 17.3 Å². The summed E-state index contributed by atoms with van der Waals surface area (Å²) < 4.78 is 5.75. The molecule has 0 fully saturated rings. The van der Waals surface area contributed by atoms with Crippen molar-refractivity contribution in [2.24, 2.45) is 0 Å². The van der Waals surface area contributed by atoms with Crippen molar-refractivity contribution in [1.82, 2.24) is 0 Å². The zero-order valence-corrected chi connectivity index (χ0v) is 13.5. The summed E-state index contributed by atoms with van der Waals surface area (Å²) in [6.45, 7) is 8.83. The first-order valence-corrected chi connectivity index (χ1v) is 7.82. The predicted molar refractivity (Wildman–Crippen MR) is 83.2 cm³/mol. The molecule has 19 heavy (non-hydrogen) atoms. The number of hydrogen-bond acceptors (Lipinski definition) is 3. The predicted octanol–water partition coefficient (Wildman–Crippen LogP) is 5.06. The van der Waals surface area contributed by atoms with E-state index < -0.39 is 0 Å². The quantitative estimate of drug-likeness (QED) is 0.543. The van der Waals surface area contributed by atoms with E-state index in [2.05, 4.69) is 12.3 Å². The Balaban J connectivity index is 3.09. The molecule has 1 aromatic carbocycles. The average molecular weight is 298 g/mol. The summed E-state index contributed by atoms with van der Waals surface area (Å²) in [5.74, 6) is 2.09. The Bertz CT molecular complexity index is 482. The van der Waals surface area contributed by atoms with Gasteiger partial charge in [-0.3, -0.25) is 0 Å². The van der Waals surface area contributed by atoms with Gasteiger partial charge >= 0.3 is 0 Å². The number of thiocyanates is 1. The van der Waals surface area contributed by atoms with E-state index >= 15 is 0 Å². The van der Waals surface area contributed by atoms with Crippen LogP contribution in [-0.2, 0) is 0 Å². The molecule has 2 nitrogen and oxygen atoms in total. The molecule has 0 saturated heterocycles. The first-order valence-electron chi connectivity index (χ1n) is 6.46. The summed E-state index contributed by atoms with van der Waals surface area (Å²) in [7, 11) is 0. The van der Waals surface area contributed by atoms with E-state index in [-0.39, 0.29) is 0 Å². The molecule has 0 bridgehead atoms. The van der Waals surface area contributed by atoms with Crippen LogP contribution in [0.5, 0.6) is 5.75 Å². The lowest BCUT2D eigenvalue weighted by Gasteiger charge is -2.21. The molecule has 0 aliphatic carbocycles. The smallest absolute Gasteiger partial charge is 0.133 e. The molecule has 1 unspecified atom stereocenters. The van der Waals surface area contributed by atoms with Crippen LogP contribution in [0.15, 0.2) is 6.07 Å². The topological polar surface area (TPSA) is 33.0 Å². The average Bonchev–Trinajstić information content (AvgIpc) is 2.37. The van der Waals surface area contributed by atoms with Gasteiger partial charge in [-0.2, -0.15) is 5.26 Å². The van der Waals surface area contributed by atoms with Crippen LogP contribution >= 0.6 is 23.4 Å². The minimum absolute atomic E-state index is 0.334. The van der Waals surface area contributed by atoms with Crippen LogP contribution in [0.3, 0.4) is 0 Å². The Hall–Kier alpha value is -0.850. The zero-order chi connectivity index (χ0) is 14.4. The van der Waals surface area contributed by atoms with Crippen LogP contribution in [0, 0.1) is 24.5 Å². The van der Waals surface area contributed by atoms with Crippen LogP contribution in [0.1, 0.15) is 42.9 Å². The number of aryl methyl sites for hydroxylation is 1. The molecule has 0 amide bonds. The molecular formula is C15H20ClNOS. The van der Waals surface area contributed by atoms with Gasteiger partial charge in [-0.05, 0) is 62.1 Å². The molecule has 0 saturated carbocycles. The lowest BCUT2D eigenvalue weighted by atomic mass is 9.92. The van der Waals surface area contributed by atoms with Crippen LogP contribution in [0.25, 0.3) is 0 Å². The number of hydrogen-bond donors (Lipinski definition) is 0. The summed E-state index contributed by atoms with van der Waals surface area (Å²) in [5, 5.41) is 11.5. The minimum atomic E-state index is 0.334. The number of rotatable bonds is 6. The highest BCUT2D eigenvalue weighted by Gasteiger charge is 2.18. The van der Waals surface area contributed by atoms with Gasteiger partial charge in [0.15, 0.2) is 0 Å². The second-order valence-corrected chi connectivity index (χ2v) is 5.86. The van der Waals surface area contributed by atoms with Gasteiger partial charge in [0.05, 0.1) is 6.61 Å². The Morgan fingerprint density at radius 1 is 1.47 bits per heavy atom. The maximum Gasteiger partial charge on any atom is 0.133 e. The van der Waals surface area contributed by atoms with Crippen molar-refractivity contribution in [3.63, 3.8) is 0 Å². The van der Waals surface area contributed by atoms with Crippen molar-refractivity contribution in [2.75, 3.05) is 12.4 Å². The maximum atomic E-state index is 8.59. The molecule has 104 valence electrons. The molecular weight excluding hydrogens is 278 g/mol. The van der Waals surface area contributed by atoms with Gasteiger partial charge in [-0.15, -0.1) is 0 Å². The first-order chi connectivity index (χ1) is 9.02. The van der Waals surface area contributed by atoms with Crippen LogP contribution in [0.2, 0.25) is 5.02 Å². The van der Waals surface area contributed by atoms with Crippen molar-refractivity contribution in [3.8, 4) is 11.2 Å². The van der Waals surface area contributed by atoms with E-state index in [1.54, 1.807) is 0 Å². The standard InChI is InChI=1S/C15H20ClNOS/c1-5-18-13-8-11(3)15(16)12(4)14(13)10(2)6-7-19-9-17/h8,10H,5-7H2,1-4H3. The molecule has 0 aliphatic heterocycles. The van der Waals surface area contributed by atoms with E-state index in [1.807, 2.05) is 26.8 Å². The molecule has 1 rings (SSSR count). The fraction of sp³-hybridized carbons (Fsp3) is 0.533. The number of nitrogens with zero attached hydrogens (tertiary/aromatic N) is 1. The summed E-state index contributed by atoms with van der Waals surface area (Å²) in [6, 6.07) is 2.02. The monoisotopic (exact) mass is 297 g/mol. The second-order valence-electron chi connectivity index (χ2n) is 4.61. The van der Waals surface area contributed by atoms with Crippen LogP contribution in [0.4, 0.5) is 0 Å². The molecule has 1 aromatic rings. The highest BCUT2D eigenvalue weighted by Crippen LogP contribution is 2.38. The molecule has 0 spiro atoms. The van der Waals surface area contributed by atoms with E-state index in [0.717, 1.165) is 34.1 Å². The molecule has 0 aliphatic rings. The van der Waals surface area contributed by atoms with E-state index in [0.29, 0.717) is 12.5 Å². The number of halogens is 1. The molecule has 0 aromatic heterocycles. The van der Waals surface area contributed by atoms with Crippen molar-refractivity contribution in [3.05, 3.63) is 27.8 Å². The normalized spacial score (nSPS) is 12.0. The Kier molecular flexibility index (Phi) is 6.54. The SMILES string of the molecule is CCOc1cc(C)c(Cl)c(C)c1C(C)CCSC#N. The third-order valence-electron chi connectivity index (χ3n) is 3.20. The van der Waals surface area contributed by atoms with Crippen molar-refractivity contribution >= 4 is 23.4 Å². The first kappa shape index (κ1) is 16.2. The zero-order valence-electron chi connectivity index (χ0n) is 11.9. The molecule has 0 heterocycles. The lowest BCUT2D eigenvalue weighted by molar-refractivity contribution is 0.334. The highest BCUT2D eigenvalue weighted by molar-refractivity contribution is 8.03. The van der Waals surface area contributed by atoms with E-state index in [9.17, 15) is 0 Å². The molecule has 0 radical (unpaired) electrons. The van der Waals surface area contributed by atoms with Crippen molar-refractivity contribution in [1.29, 1.82) is 5.26 Å². The Morgan fingerprint density at radius 3 is 2.74 bits per heavy atom. The third kappa shape index (κ3) is 4.06. The molecule has 1 atom stereocenters. The lowest BCUT2D eigenvalue weighted by Crippen LogP contribution is -2.05. The summed E-state index contributed by atoms with van der Waals surface area (Å²) >= 11 is 7.64. The van der Waals surface area contributed by atoms with Crippen LogP contribution < -0.4 is 4.74 Å². The van der Waals surface area contributed by atoms with Gasteiger partial charge in [0, 0.05) is 16.3 Å². The third-order valence-corrected chi connectivity index (χ3v) is 4.35. The van der Waals surface area contributed by atoms with Crippen molar-refractivity contribution in [2.45, 2.75) is 40.0 Å². The fourth-order valence-corrected chi connectivity index (χ4v) is 2.97. The van der Waals surface area contributed by atoms with Gasteiger partial charge in [0.1, 0.15) is 11.2 Å². The van der Waals surface area contributed by atoms with E-state index in [4.69, 9.17) is 21.6 Å². The second kappa shape index (κ2) is 7.67. The minimum Gasteiger partial charge on any atom is -0.494 e. The number of ether oxygens (including phenoxy) is 1. The summed E-state index contributed by atoms with van der Waals surface area (Å²) in [6.07, 6.45) is 0.943. The fourth-order valence-electron chi connectivity index (χ4n) is 2.25. The highest BCUT2D eigenvalue weighted by atomic mass is 35.5. The maximum absolute atomic E-state index is 8.59. The summed E-state index contributed by atoms with van der Waals surface area (Å²) in [4.78, 5) is 0. The molecule has 0 N–H and O–H groups in total. The largest absolute Gasteiger partial charge is 0.494 e. The Labute approximate surface area is 125 Å². The van der Waals surface area contributed by atoms with Gasteiger partial charge in [0.25, 0.3) is 0 Å². The summed E-state index contributed by atoms with van der Waals surface area (Å²) in [5.41, 5.74) is 3.32. The van der Waals surface area contributed by atoms with Crippen LogP contribution in [-0.4, -0.2) is 12.4 Å². The van der Waals surface area contributed by atoms with Gasteiger partial charge in [-0.25, -0.2) is 0 Å². The number of benzene rings is 1. The number of thioether (sulfide) groups is 1. The number of nitriles is 1. The van der Waals surface area contributed by atoms with Gasteiger partial charge in [0.2, 0.25) is 0 Å². The van der Waals surface area contributed by atoms with Gasteiger partial charge < -0.3 is 4.74 Å². The Morgan fingerprint density at radius 2 is 2.16 bits per heavy atom. The van der Waals surface area contributed by atoms with Gasteiger partial charge in [-0.1, -0.05) is 18.5 Å². The molecule has 4 heteroatoms.